The molecule has 0 amide bonds. The van der Waals surface area contributed by atoms with E-state index < -0.39 is 0 Å². The number of pyridine rings is 1. The average molecular weight is 380 g/mol. The molecule has 6 heteroatoms. The molecule has 0 aliphatic heterocycles. The largest absolute Gasteiger partial charge is 0.308 e. The van der Waals surface area contributed by atoms with Gasteiger partial charge in [-0.1, -0.05) is 34.1 Å². The molecule has 3 rings (SSSR count). The van der Waals surface area contributed by atoms with Crippen LogP contribution in [-0.4, -0.2) is 14.8 Å². The molecule has 0 spiro atoms. The minimum absolute atomic E-state index is 0. The second-order valence-corrected chi connectivity index (χ2v) is 5.59. The maximum Gasteiger partial charge on any atom is 0.157 e. The van der Waals surface area contributed by atoms with E-state index in [1.807, 2.05) is 30.5 Å². The Hall–Kier alpha value is -1.69. The van der Waals surface area contributed by atoms with Gasteiger partial charge in [0.05, 0.1) is 0 Å². The topological polar surface area (TPSA) is 42.7 Å². The lowest BCUT2D eigenvalue weighted by Crippen LogP contribution is -2.15. The van der Waals surface area contributed by atoms with Gasteiger partial charge in [0.15, 0.2) is 5.82 Å². The van der Waals surface area contributed by atoms with Gasteiger partial charge in [-0.25, -0.2) is 9.67 Å². The highest BCUT2D eigenvalue weighted by Gasteiger charge is 2.05. The van der Waals surface area contributed by atoms with Crippen molar-refractivity contribution in [3.05, 3.63) is 76.7 Å². The van der Waals surface area contributed by atoms with Crippen LogP contribution in [0.15, 0.2) is 65.5 Å². The van der Waals surface area contributed by atoms with Crippen LogP contribution in [0, 0.1) is 0 Å². The first-order chi connectivity index (χ1) is 10.3. The van der Waals surface area contributed by atoms with Gasteiger partial charge < -0.3 is 5.32 Å². The molecular formula is C16H16BrClN4. The summed E-state index contributed by atoms with van der Waals surface area (Å²) in [5.74, 6) is 0.865. The van der Waals surface area contributed by atoms with Crippen molar-refractivity contribution >= 4 is 28.3 Å². The van der Waals surface area contributed by atoms with Gasteiger partial charge in [0.1, 0.15) is 0 Å². The highest BCUT2D eigenvalue weighted by molar-refractivity contribution is 9.10. The van der Waals surface area contributed by atoms with Crippen LogP contribution >= 0.6 is 28.3 Å². The summed E-state index contributed by atoms with van der Waals surface area (Å²) < 4.78 is 2.89. The summed E-state index contributed by atoms with van der Waals surface area (Å²) in [6.45, 7) is 1.56. The first kappa shape index (κ1) is 16.7. The van der Waals surface area contributed by atoms with Crippen LogP contribution in [-0.2, 0) is 13.1 Å². The first-order valence-electron chi connectivity index (χ1n) is 6.72. The van der Waals surface area contributed by atoms with Crippen molar-refractivity contribution in [3.8, 4) is 5.82 Å². The number of halogens is 2. The Bertz CT molecular complexity index is 716. The Morgan fingerprint density at radius 1 is 1.05 bits per heavy atom. The predicted molar refractivity (Wildman–Crippen MR) is 93.3 cm³/mol. The van der Waals surface area contributed by atoms with E-state index in [9.17, 15) is 0 Å². The second-order valence-electron chi connectivity index (χ2n) is 4.67. The zero-order valence-corrected chi connectivity index (χ0v) is 14.2. The third-order valence-corrected chi connectivity index (χ3v) is 3.62. The number of nitrogens with zero attached hydrogens (tertiary/aromatic N) is 3. The maximum absolute atomic E-state index is 4.41. The molecule has 0 radical (unpaired) electrons. The zero-order chi connectivity index (χ0) is 14.5. The summed E-state index contributed by atoms with van der Waals surface area (Å²) in [6, 6.07) is 14.2. The molecule has 4 nitrogen and oxygen atoms in total. The molecule has 2 heterocycles. The van der Waals surface area contributed by atoms with E-state index in [0.717, 1.165) is 28.9 Å². The quantitative estimate of drug-likeness (QED) is 0.734. The van der Waals surface area contributed by atoms with Gasteiger partial charge in [0.25, 0.3) is 0 Å². The Labute approximate surface area is 144 Å². The normalized spacial score (nSPS) is 10.2. The molecular weight excluding hydrogens is 364 g/mol. The van der Waals surface area contributed by atoms with E-state index in [1.165, 1.54) is 5.56 Å². The summed E-state index contributed by atoms with van der Waals surface area (Å²) in [5.41, 5.74) is 2.37. The highest BCUT2D eigenvalue weighted by atomic mass is 79.9. The molecule has 2 aromatic heterocycles. The van der Waals surface area contributed by atoms with E-state index in [1.54, 1.807) is 17.1 Å². The van der Waals surface area contributed by atoms with E-state index in [4.69, 9.17) is 0 Å². The molecule has 0 aliphatic carbocycles. The van der Waals surface area contributed by atoms with E-state index in [0.29, 0.717) is 0 Å². The van der Waals surface area contributed by atoms with Crippen LogP contribution in [0.2, 0.25) is 0 Å². The molecule has 0 saturated heterocycles. The molecule has 0 atom stereocenters. The van der Waals surface area contributed by atoms with Gasteiger partial charge in [0, 0.05) is 41.7 Å². The minimum atomic E-state index is 0. The Balaban J connectivity index is 0.00000176. The fourth-order valence-electron chi connectivity index (χ4n) is 2.16. The molecule has 1 aromatic carbocycles. The summed E-state index contributed by atoms with van der Waals surface area (Å²) in [5, 5.41) is 7.69. The predicted octanol–water partition coefficient (Wildman–Crippen LogP) is 3.74. The number of rotatable bonds is 5. The van der Waals surface area contributed by atoms with Gasteiger partial charge in [-0.3, -0.25) is 0 Å². The third-order valence-electron chi connectivity index (χ3n) is 3.12. The number of nitrogens with one attached hydrogen (secondary N) is 1. The molecule has 0 saturated carbocycles. The van der Waals surface area contributed by atoms with Crippen molar-refractivity contribution in [1.82, 2.24) is 20.1 Å². The second kappa shape index (κ2) is 8.08. The lowest BCUT2D eigenvalue weighted by molar-refractivity contribution is 0.681. The Morgan fingerprint density at radius 2 is 1.95 bits per heavy atom. The summed E-state index contributed by atoms with van der Waals surface area (Å²) in [7, 11) is 0. The summed E-state index contributed by atoms with van der Waals surface area (Å²) in [4.78, 5) is 4.41. The standard InChI is InChI=1S/C16H15BrN4.ClH/c17-15-6-1-4-13(10-15)11-18-12-14-5-2-7-19-16(14)21-9-3-8-20-21;/h1-10,18H,11-12H2;1H. The van der Waals surface area contributed by atoms with Crippen molar-refractivity contribution in [2.75, 3.05) is 0 Å². The van der Waals surface area contributed by atoms with Crippen molar-refractivity contribution in [2.24, 2.45) is 0 Å². The molecule has 22 heavy (non-hydrogen) atoms. The Kier molecular flexibility index (Phi) is 6.12. The van der Waals surface area contributed by atoms with E-state index >= 15 is 0 Å². The van der Waals surface area contributed by atoms with Gasteiger partial charge in [-0.2, -0.15) is 5.10 Å². The van der Waals surface area contributed by atoms with Crippen LogP contribution in [0.4, 0.5) is 0 Å². The molecule has 1 N–H and O–H groups in total. The summed E-state index contributed by atoms with van der Waals surface area (Å²) >= 11 is 3.49. The van der Waals surface area contributed by atoms with Crippen LogP contribution in [0.5, 0.6) is 0 Å². The van der Waals surface area contributed by atoms with Gasteiger partial charge in [-0.15, -0.1) is 12.4 Å². The molecule has 114 valence electrons. The summed E-state index contributed by atoms with van der Waals surface area (Å²) in [6.07, 6.45) is 5.45. The lowest BCUT2D eigenvalue weighted by Gasteiger charge is -2.10. The lowest BCUT2D eigenvalue weighted by atomic mass is 10.2. The molecule has 0 bridgehead atoms. The van der Waals surface area contributed by atoms with Crippen molar-refractivity contribution < 1.29 is 0 Å². The molecule has 0 unspecified atom stereocenters. The third kappa shape index (κ3) is 4.16. The van der Waals surface area contributed by atoms with Crippen LogP contribution in [0.1, 0.15) is 11.1 Å². The number of hydrogen-bond donors (Lipinski definition) is 1. The first-order valence-corrected chi connectivity index (χ1v) is 7.51. The van der Waals surface area contributed by atoms with Crippen molar-refractivity contribution in [3.63, 3.8) is 0 Å². The molecule has 0 aliphatic rings. The minimum Gasteiger partial charge on any atom is -0.308 e. The maximum atomic E-state index is 4.41. The van der Waals surface area contributed by atoms with Crippen molar-refractivity contribution in [2.45, 2.75) is 13.1 Å². The zero-order valence-electron chi connectivity index (χ0n) is 11.8. The number of hydrogen-bond acceptors (Lipinski definition) is 3. The molecule has 0 fully saturated rings. The van der Waals surface area contributed by atoms with Gasteiger partial charge in [0.2, 0.25) is 0 Å². The van der Waals surface area contributed by atoms with E-state index in [-0.39, 0.29) is 12.4 Å². The van der Waals surface area contributed by atoms with E-state index in [2.05, 4.69) is 49.5 Å². The highest BCUT2D eigenvalue weighted by Crippen LogP contribution is 2.13. The van der Waals surface area contributed by atoms with Crippen LogP contribution < -0.4 is 5.32 Å². The number of aromatic nitrogens is 3. The average Bonchev–Trinajstić information content (AvgIpc) is 3.02. The molecule has 3 aromatic rings. The number of benzene rings is 1. The van der Waals surface area contributed by atoms with Crippen LogP contribution in [0.25, 0.3) is 5.82 Å². The Morgan fingerprint density at radius 3 is 2.73 bits per heavy atom. The monoisotopic (exact) mass is 378 g/mol. The fraction of sp³-hybridized carbons (Fsp3) is 0.125. The van der Waals surface area contributed by atoms with Crippen LogP contribution in [0.3, 0.4) is 0 Å². The SMILES string of the molecule is Brc1cccc(CNCc2cccnc2-n2cccn2)c1.Cl. The fourth-order valence-corrected chi connectivity index (χ4v) is 2.60. The smallest absolute Gasteiger partial charge is 0.157 e. The van der Waals surface area contributed by atoms with Gasteiger partial charge >= 0.3 is 0 Å². The van der Waals surface area contributed by atoms with Gasteiger partial charge in [-0.05, 0) is 29.8 Å². The van der Waals surface area contributed by atoms with Crippen molar-refractivity contribution in [1.29, 1.82) is 0 Å².